The zero-order chi connectivity index (χ0) is 21.4. The average molecular weight is 420 g/mol. The Balaban J connectivity index is 1.88. The average Bonchev–Trinajstić information content (AvgIpc) is 2.75. The van der Waals surface area contributed by atoms with E-state index in [2.05, 4.69) is 0 Å². The lowest BCUT2D eigenvalue weighted by atomic mass is 9.84. The molecule has 0 aliphatic carbocycles. The van der Waals surface area contributed by atoms with Crippen molar-refractivity contribution in [1.29, 1.82) is 0 Å². The van der Waals surface area contributed by atoms with Gasteiger partial charge in [-0.1, -0.05) is 32.9 Å². The van der Waals surface area contributed by atoms with Gasteiger partial charge < -0.3 is 14.4 Å². The maximum atomic E-state index is 12.8. The van der Waals surface area contributed by atoms with Gasteiger partial charge in [0.05, 0.1) is 13.7 Å². The largest absolute Gasteiger partial charge is 0.497 e. The molecule has 0 saturated carbocycles. The highest BCUT2D eigenvalue weighted by molar-refractivity contribution is 7.80. The van der Waals surface area contributed by atoms with Crippen molar-refractivity contribution >= 4 is 29.0 Å². The summed E-state index contributed by atoms with van der Waals surface area (Å²) in [6.07, 6.45) is 4.96. The highest BCUT2D eigenvalue weighted by Gasteiger charge is 2.39. The third-order valence-electron chi connectivity index (χ3n) is 5.74. The quantitative estimate of drug-likeness (QED) is 0.338. The Morgan fingerprint density at radius 2 is 1.90 bits per heavy atom. The molecule has 6 heteroatoms. The molecule has 1 aliphatic heterocycles. The monoisotopic (exact) mass is 419 g/mol. The number of rotatable bonds is 9. The van der Waals surface area contributed by atoms with E-state index in [-0.39, 0.29) is 11.8 Å². The second kappa shape index (κ2) is 10.7. The van der Waals surface area contributed by atoms with E-state index in [0.717, 1.165) is 37.9 Å². The fraction of sp³-hybridized carbons (Fsp3) is 0.609. The summed E-state index contributed by atoms with van der Waals surface area (Å²) in [4.78, 5) is 27.1. The molecule has 2 rings (SSSR count). The standard InChI is InChI=1S/C23H33NO4S/c1-5-23(2,3)20(25)21(26)24-15-7-6-10-19(24)22(29)28-16-8-9-17-11-13-18(27-4)14-12-17/h11-14,19H,5-10,15-16H2,1-4H3. The van der Waals surface area contributed by atoms with Gasteiger partial charge in [-0.05, 0) is 68.4 Å². The van der Waals surface area contributed by atoms with Gasteiger partial charge in [0.25, 0.3) is 5.91 Å². The van der Waals surface area contributed by atoms with Gasteiger partial charge in [-0.25, -0.2) is 0 Å². The molecule has 1 amide bonds. The molecule has 160 valence electrons. The number of thiocarbonyl (C=S) groups is 1. The molecule has 5 nitrogen and oxygen atoms in total. The lowest BCUT2D eigenvalue weighted by Crippen LogP contribution is -2.52. The molecule has 1 fully saturated rings. The fourth-order valence-electron chi connectivity index (χ4n) is 3.34. The van der Waals surface area contributed by atoms with Gasteiger partial charge in [0.15, 0.2) is 5.05 Å². The van der Waals surface area contributed by atoms with Crippen LogP contribution < -0.4 is 4.74 Å². The first-order chi connectivity index (χ1) is 13.8. The number of ether oxygens (including phenoxy) is 2. The number of hydrogen-bond acceptors (Lipinski definition) is 5. The normalized spacial score (nSPS) is 17.0. The molecule has 0 aromatic heterocycles. The molecule has 1 saturated heterocycles. The third kappa shape index (κ3) is 6.26. The lowest BCUT2D eigenvalue weighted by molar-refractivity contribution is -0.150. The Hall–Kier alpha value is -1.95. The number of nitrogens with zero attached hydrogens (tertiary/aromatic N) is 1. The van der Waals surface area contributed by atoms with Crippen molar-refractivity contribution in [3.8, 4) is 5.75 Å². The number of Topliss-reactive ketones (excluding diaryl/α,β-unsaturated/α-hetero) is 1. The van der Waals surface area contributed by atoms with E-state index in [1.807, 2.05) is 45.0 Å². The first-order valence-electron chi connectivity index (χ1n) is 10.4. The van der Waals surface area contributed by atoms with Crippen LogP contribution in [0.15, 0.2) is 24.3 Å². The number of piperidine rings is 1. The van der Waals surface area contributed by atoms with Crippen LogP contribution in [0.4, 0.5) is 0 Å². The van der Waals surface area contributed by atoms with Crippen LogP contribution in [0, 0.1) is 5.41 Å². The molecular weight excluding hydrogens is 386 g/mol. The number of hydrogen-bond donors (Lipinski definition) is 0. The number of ketones is 1. The Bertz CT molecular complexity index is 714. The van der Waals surface area contributed by atoms with Crippen LogP contribution in [-0.2, 0) is 20.7 Å². The van der Waals surface area contributed by atoms with E-state index >= 15 is 0 Å². The van der Waals surface area contributed by atoms with Crippen LogP contribution in [0.2, 0.25) is 0 Å². The molecule has 1 unspecified atom stereocenters. The second-order valence-corrected chi connectivity index (χ2v) is 8.60. The topological polar surface area (TPSA) is 55.8 Å². The van der Waals surface area contributed by atoms with Crippen molar-refractivity contribution in [3.05, 3.63) is 29.8 Å². The van der Waals surface area contributed by atoms with Crippen molar-refractivity contribution in [3.63, 3.8) is 0 Å². The van der Waals surface area contributed by atoms with Crippen LogP contribution in [-0.4, -0.2) is 47.9 Å². The minimum atomic E-state index is -0.653. The number of amides is 1. The summed E-state index contributed by atoms with van der Waals surface area (Å²) < 4.78 is 11.0. The molecule has 29 heavy (non-hydrogen) atoms. The zero-order valence-electron chi connectivity index (χ0n) is 18.0. The highest BCUT2D eigenvalue weighted by atomic mass is 32.1. The smallest absolute Gasteiger partial charge is 0.291 e. The predicted octanol–water partition coefficient (Wildman–Crippen LogP) is 4.36. The molecule has 1 aliphatic rings. The zero-order valence-corrected chi connectivity index (χ0v) is 18.8. The molecule has 1 aromatic carbocycles. The maximum Gasteiger partial charge on any atom is 0.291 e. The van der Waals surface area contributed by atoms with Crippen molar-refractivity contribution in [2.75, 3.05) is 20.3 Å². The number of carbonyl (C=O) groups excluding carboxylic acids is 2. The summed E-state index contributed by atoms with van der Waals surface area (Å²) in [6, 6.07) is 7.69. The Labute approximate surface area is 179 Å². The van der Waals surface area contributed by atoms with Gasteiger partial charge in [0.2, 0.25) is 5.78 Å². The van der Waals surface area contributed by atoms with Crippen LogP contribution in [0.5, 0.6) is 5.75 Å². The van der Waals surface area contributed by atoms with Gasteiger partial charge in [-0.2, -0.15) is 0 Å². The highest BCUT2D eigenvalue weighted by Crippen LogP contribution is 2.26. The van der Waals surface area contributed by atoms with E-state index in [9.17, 15) is 9.59 Å². The van der Waals surface area contributed by atoms with Crippen molar-refractivity contribution in [1.82, 2.24) is 4.90 Å². The van der Waals surface area contributed by atoms with Crippen molar-refractivity contribution in [2.24, 2.45) is 5.41 Å². The molecular formula is C23H33NO4S. The lowest BCUT2D eigenvalue weighted by Gasteiger charge is -2.36. The fourth-order valence-corrected chi connectivity index (χ4v) is 3.67. The number of likely N-dealkylation sites (tertiary alicyclic amines) is 1. The molecule has 0 N–H and O–H groups in total. The van der Waals surface area contributed by atoms with Crippen LogP contribution >= 0.6 is 12.2 Å². The molecule has 1 atom stereocenters. The van der Waals surface area contributed by atoms with Crippen molar-refractivity contribution < 1.29 is 19.1 Å². The SMILES string of the molecule is CCC(C)(C)C(=O)C(=O)N1CCCCC1C(=S)OCCCc1ccc(OC)cc1. The summed E-state index contributed by atoms with van der Waals surface area (Å²) in [7, 11) is 1.65. The van der Waals surface area contributed by atoms with Gasteiger partial charge in [-0.15, -0.1) is 0 Å². The van der Waals surface area contributed by atoms with Gasteiger partial charge in [-0.3, -0.25) is 9.59 Å². The Morgan fingerprint density at radius 3 is 2.52 bits per heavy atom. The number of methoxy groups -OCH3 is 1. The maximum absolute atomic E-state index is 12.8. The number of aryl methyl sites for hydroxylation is 1. The number of carbonyl (C=O) groups is 2. The van der Waals surface area contributed by atoms with Gasteiger partial charge in [0.1, 0.15) is 11.8 Å². The van der Waals surface area contributed by atoms with E-state index in [1.54, 1.807) is 12.0 Å². The van der Waals surface area contributed by atoms with Crippen LogP contribution in [0.3, 0.4) is 0 Å². The minimum Gasteiger partial charge on any atom is -0.497 e. The minimum absolute atomic E-state index is 0.288. The second-order valence-electron chi connectivity index (χ2n) is 8.20. The van der Waals surface area contributed by atoms with Gasteiger partial charge in [0, 0.05) is 12.0 Å². The van der Waals surface area contributed by atoms with Crippen LogP contribution in [0.25, 0.3) is 0 Å². The van der Waals surface area contributed by atoms with E-state index in [1.165, 1.54) is 5.56 Å². The molecule has 1 aromatic rings. The molecule has 0 radical (unpaired) electrons. The summed E-state index contributed by atoms with van der Waals surface area (Å²) in [6.45, 7) is 6.62. The van der Waals surface area contributed by atoms with Gasteiger partial charge >= 0.3 is 0 Å². The van der Waals surface area contributed by atoms with E-state index in [4.69, 9.17) is 21.7 Å². The van der Waals surface area contributed by atoms with Crippen LogP contribution in [0.1, 0.15) is 58.4 Å². The van der Waals surface area contributed by atoms with E-state index < -0.39 is 11.3 Å². The molecule has 0 bridgehead atoms. The van der Waals surface area contributed by atoms with E-state index in [0.29, 0.717) is 24.6 Å². The summed E-state index contributed by atoms with van der Waals surface area (Å²) in [5.41, 5.74) is 0.557. The Morgan fingerprint density at radius 1 is 1.21 bits per heavy atom. The third-order valence-corrected chi connectivity index (χ3v) is 6.13. The predicted molar refractivity (Wildman–Crippen MR) is 118 cm³/mol. The summed E-state index contributed by atoms with van der Waals surface area (Å²) in [5.74, 6) is 0.0778. The van der Waals surface area contributed by atoms with Crippen molar-refractivity contribution in [2.45, 2.75) is 65.3 Å². The first-order valence-corrected chi connectivity index (χ1v) is 10.9. The molecule has 0 spiro atoms. The summed E-state index contributed by atoms with van der Waals surface area (Å²) >= 11 is 5.50. The summed E-state index contributed by atoms with van der Waals surface area (Å²) in [5, 5.41) is 0.426. The number of benzene rings is 1. The Kier molecular flexibility index (Phi) is 8.62. The molecule has 1 heterocycles. The first kappa shape index (κ1) is 23.3.